The molecule has 2 aliphatic rings. The summed E-state index contributed by atoms with van der Waals surface area (Å²) in [5.41, 5.74) is 16.4. The zero-order chi connectivity index (χ0) is 79.0. The van der Waals surface area contributed by atoms with Crippen molar-refractivity contribution in [2.75, 3.05) is 39.5 Å². The maximum absolute atomic E-state index is 15.9. The quantitative estimate of drug-likeness (QED) is 0.0188. The highest BCUT2D eigenvalue weighted by Crippen LogP contribution is 2.57. The number of unbranched alkanes of at least 4 members (excludes halogenated alkanes) is 2. The topological polar surface area (TPSA) is 156 Å². The van der Waals surface area contributed by atoms with Crippen molar-refractivity contribution >= 4 is 122 Å². The van der Waals surface area contributed by atoms with E-state index in [0.717, 1.165) is 105 Å². The number of para-hydroxylation sites is 4. The minimum Gasteiger partial charge on any atom is -0.494 e. The number of amides is 4. The van der Waals surface area contributed by atoms with Gasteiger partial charge >= 0.3 is 11.9 Å². The van der Waals surface area contributed by atoms with Crippen LogP contribution in [0, 0.1) is 27.7 Å². The third-order valence-corrected chi connectivity index (χ3v) is 23.4. The van der Waals surface area contributed by atoms with Gasteiger partial charge in [-0.3, -0.25) is 29.0 Å². The zero-order valence-corrected chi connectivity index (χ0v) is 64.8. The molecule has 14 nitrogen and oxygen atoms in total. The Bertz CT molecular complexity index is 6120. The third-order valence-electron chi connectivity index (χ3n) is 23.4. The zero-order valence-electron chi connectivity index (χ0n) is 64.8. The first-order valence-corrected chi connectivity index (χ1v) is 39.8. The van der Waals surface area contributed by atoms with Gasteiger partial charge in [0, 0.05) is 100 Å². The molecule has 15 aromatic carbocycles. The summed E-state index contributed by atoms with van der Waals surface area (Å²) < 4.78 is 29.0. The first kappa shape index (κ1) is 72.3. The van der Waals surface area contributed by atoms with E-state index >= 15 is 19.2 Å². The lowest BCUT2D eigenvalue weighted by Crippen LogP contribution is -2.42. The SMILES string of the molecule is Cc1ccc(-c2cc3c4c(cc(-c5ccc(C)cc5)c5c6c(-c7ccc(C)cc7)cc7c8c(cc(-c9ccc(C)cc9)c(c2c45)c86)C(=O)N(CCOC(=O)c2ccc(OCCCCn4c5ccccc5c5ccccc54)cc2)C7=O)C(=O)N(CCOC(=O)c2ccc(OCCCCn4c5ccccc5c5ccccc54)cc2)C3=O)cc1. The van der Waals surface area contributed by atoms with E-state index in [4.69, 9.17) is 18.9 Å². The van der Waals surface area contributed by atoms with Crippen molar-refractivity contribution in [1.82, 2.24) is 18.9 Å². The van der Waals surface area contributed by atoms with Crippen LogP contribution in [-0.2, 0) is 22.6 Å². The number of fused-ring (bicyclic) bond motifs is 8. The summed E-state index contributed by atoms with van der Waals surface area (Å²) in [7, 11) is 0. The van der Waals surface area contributed by atoms with Crippen molar-refractivity contribution in [3.05, 3.63) is 323 Å². The van der Waals surface area contributed by atoms with Gasteiger partial charge in [0.2, 0.25) is 0 Å². The normalized spacial score (nSPS) is 12.8. The number of hydrogen-bond acceptors (Lipinski definition) is 10. The molecule has 0 aliphatic carbocycles. The number of aromatic nitrogens is 2. The van der Waals surface area contributed by atoms with Gasteiger partial charge < -0.3 is 28.1 Å². The maximum Gasteiger partial charge on any atom is 0.338 e. The van der Waals surface area contributed by atoms with E-state index in [1.54, 1.807) is 48.5 Å². The molecule has 0 atom stereocenters. The fourth-order valence-corrected chi connectivity index (χ4v) is 17.6. The summed E-state index contributed by atoms with van der Waals surface area (Å²) in [6.45, 7) is 9.67. The van der Waals surface area contributed by atoms with Crippen LogP contribution in [0.5, 0.6) is 11.5 Å². The van der Waals surface area contributed by atoms with Crippen molar-refractivity contribution in [3.63, 3.8) is 0 Å². The number of benzene rings is 15. The lowest BCUT2D eigenvalue weighted by molar-refractivity contribution is 0.0405. The summed E-state index contributed by atoms with van der Waals surface area (Å²) >= 11 is 0. The largest absolute Gasteiger partial charge is 0.494 e. The lowest BCUT2D eigenvalue weighted by atomic mass is 9.74. The minimum absolute atomic E-state index is 0.245. The second kappa shape index (κ2) is 29.8. The van der Waals surface area contributed by atoms with Crippen molar-refractivity contribution in [3.8, 4) is 56.0 Å². The predicted octanol–water partition coefficient (Wildman–Crippen LogP) is 22.5. The van der Waals surface area contributed by atoms with Crippen LogP contribution < -0.4 is 9.47 Å². The standard InChI is InChI=1S/C102H80N4O10/c1-61-25-33-65(34-26-61)77-57-81-89-82(98(108)105(97(81)107)51-55-115-101(111)69-41-45-71(46-42-69)113-53-15-13-49-103-85-21-9-5-17-73(85)74-18-6-10-22-86(74)103)59-79(67-37-29-63(3)30-38-67)93-94-80(68-39-31-64(4)32-40-68)60-84-90-83(58-78(66-35-27-62(2)28-36-66)92(96(90)94)91(77)95(89)93)99(109)106(100(84)110)52-56-116-102(112)70-43-47-72(48-44-70)114-54-16-14-50-104-87-23-11-7-19-75(87)76-20-8-12-24-88(76)104/h5-12,17-48,57-60H,13-16,49-56H2,1-4H3. The first-order valence-electron chi connectivity index (χ1n) is 39.8. The average Bonchev–Trinajstić information content (AvgIpc) is 0.759. The molecule has 0 saturated heterocycles. The van der Waals surface area contributed by atoms with Crippen LogP contribution in [0.4, 0.5) is 0 Å². The summed E-state index contributed by atoms with van der Waals surface area (Å²) in [5, 5.41) is 10.1. The molecule has 0 bridgehead atoms. The molecule has 17 aromatic rings. The number of ether oxygens (including phenoxy) is 4. The molecule has 4 heterocycles. The molecule has 0 saturated carbocycles. The number of rotatable bonds is 24. The van der Waals surface area contributed by atoms with Gasteiger partial charge in [-0.1, -0.05) is 192 Å². The molecule has 2 aliphatic heterocycles. The molecule has 0 fully saturated rings. The van der Waals surface area contributed by atoms with E-state index in [9.17, 15) is 9.59 Å². The van der Waals surface area contributed by atoms with Crippen LogP contribution in [0.2, 0.25) is 0 Å². The number of hydrogen-bond donors (Lipinski definition) is 0. The Morgan fingerprint density at radius 1 is 0.267 bits per heavy atom. The molecular formula is C102H80N4O10. The Kier molecular flexibility index (Phi) is 18.6. The maximum atomic E-state index is 15.9. The van der Waals surface area contributed by atoms with E-state index in [0.29, 0.717) is 68.5 Å². The van der Waals surface area contributed by atoms with Crippen molar-refractivity contribution in [2.45, 2.75) is 66.5 Å². The molecule has 0 radical (unpaired) electrons. The van der Waals surface area contributed by atoms with Gasteiger partial charge in [0.15, 0.2) is 0 Å². The Morgan fingerprint density at radius 2 is 0.534 bits per heavy atom. The van der Waals surface area contributed by atoms with E-state index in [1.165, 1.54) is 53.4 Å². The number of esters is 2. The highest BCUT2D eigenvalue weighted by Gasteiger charge is 2.41. The molecule has 19 rings (SSSR count). The van der Waals surface area contributed by atoms with Gasteiger partial charge in [-0.05, 0) is 216 Å². The third kappa shape index (κ3) is 12.7. The van der Waals surface area contributed by atoms with Crippen LogP contribution in [0.1, 0.15) is 110 Å². The van der Waals surface area contributed by atoms with Crippen LogP contribution >= 0.6 is 0 Å². The van der Waals surface area contributed by atoms with Gasteiger partial charge in [0.05, 0.1) is 37.4 Å². The van der Waals surface area contributed by atoms with Crippen LogP contribution in [-0.4, -0.2) is 94.0 Å². The summed E-state index contributed by atoms with van der Waals surface area (Å²) in [6, 6.07) is 87.7. The van der Waals surface area contributed by atoms with Crippen LogP contribution in [0.3, 0.4) is 0 Å². The molecule has 568 valence electrons. The molecule has 0 unspecified atom stereocenters. The fourth-order valence-electron chi connectivity index (χ4n) is 17.6. The van der Waals surface area contributed by atoms with Crippen LogP contribution in [0.15, 0.2) is 267 Å². The van der Waals surface area contributed by atoms with Crippen molar-refractivity contribution in [2.24, 2.45) is 0 Å². The van der Waals surface area contributed by atoms with Crippen molar-refractivity contribution < 1.29 is 47.7 Å². The lowest BCUT2D eigenvalue weighted by Gasteiger charge is -2.33. The average molecular weight is 1520 g/mol. The number of carbonyl (C=O) groups is 6. The molecule has 116 heavy (non-hydrogen) atoms. The van der Waals surface area contributed by atoms with Gasteiger partial charge in [0.25, 0.3) is 23.6 Å². The van der Waals surface area contributed by atoms with Gasteiger partial charge in [-0.25, -0.2) is 9.59 Å². The smallest absolute Gasteiger partial charge is 0.338 e. The molecule has 0 spiro atoms. The predicted molar refractivity (Wildman–Crippen MR) is 461 cm³/mol. The Hall–Kier alpha value is -14.0. The number of aryl methyl sites for hydroxylation is 6. The highest BCUT2D eigenvalue weighted by atomic mass is 16.5. The Balaban J connectivity index is 0.647. The van der Waals surface area contributed by atoms with Gasteiger partial charge in [-0.2, -0.15) is 0 Å². The van der Waals surface area contributed by atoms with Crippen molar-refractivity contribution in [1.29, 1.82) is 0 Å². The monoisotopic (exact) mass is 1520 g/mol. The molecule has 4 amide bonds. The number of carbonyl (C=O) groups excluding carboxylic acids is 6. The molecular weight excluding hydrogens is 1440 g/mol. The summed E-state index contributed by atoms with van der Waals surface area (Å²) in [4.78, 5) is 94.0. The minimum atomic E-state index is -0.620. The second-order valence-corrected chi connectivity index (χ2v) is 30.7. The number of imide groups is 2. The Morgan fingerprint density at radius 3 is 0.810 bits per heavy atom. The fraction of sp³-hybridized carbons (Fsp3) is 0.157. The molecule has 2 aromatic heterocycles. The van der Waals surface area contributed by atoms with E-state index in [2.05, 4.69) is 106 Å². The van der Waals surface area contributed by atoms with E-state index in [-0.39, 0.29) is 59.7 Å². The van der Waals surface area contributed by atoms with E-state index < -0.39 is 35.6 Å². The number of nitrogens with zero attached hydrogens (tertiary/aromatic N) is 4. The molecule has 14 heteroatoms. The summed E-state index contributed by atoms with van der Waals surface area (Å²) in [5.74, 6) is -2.25. The van der Waals surface area contributed by atoms with Crippen LogP contribution in [0.25, 0.3) is 131 Å². The van der Waals surface area contributed by atoms with Gasteiger partial charge in [-0.15, -0.1) is 0 Å². The van der Waals surface area contributed by atoms with Gasteiger partial charge in [0.1, 0.15) is 24.7 Å². The highest BCUT2D eigenvalue weighted by molar-refractivity contribution is 6.47. The molecule has 0 N–H and O–H groups in total. The first-order chi connectivity index (χ1) is 56.7. The Labute approximate surface area is 669 Å². The second-order valence-electron chi connectivity index (χ2n) is 30.7. The van der Waals surface area contributed by atoms with E-state index in [1.807, 2.05) is 149 Å². The summed E-state index contributed by atoms with van der Waals surface area (Å²) in [6.07, 6.45) is 3.44.